The smallest absolute Gasteiger partial charge is 0.272 e. The van der Waals surface area contributed by atoms with Gasteiger partial charge in [0.25, 0.3) is 5.69 Å². The van der Waals surface area contributed by atoms with E-state index in [9.17, 15) is 10.1 Å². The first-order valence-electron chi connectivity index (χ1n) is 4.62. The molecule has 0 amide bonds. The summed E-state index contributed by atoms with van der Waals surface area (Å²) in [6, 6.07) is 6.73. The molecule has 4 heteroatoms. The van der Waals surface area contributed by atoms with Crippen molar-refractivity contribution in [1.82, 2.24) is 5.32 Å². The number of hydrogen-bond donors (Lipinski definition) is 1. The molecule has 0 aliphatic heterocycles. The summed E-state index contributed by atoms with van der Waals surface area (Å²) < 4.78 is 0. The predicted molar refractivity (Wildman–Crippen MR) is 58.5 cm³/mol. The number of nitrogens with one attached hydrogen (secondary N) is 1. The van der Waals surface area contributed by atoms with Crippen LogP contribution >= 0.6 is 0 Å². The predicted octanol–water partition coefficient (Wildman–Crippen LogP) is 1.36. The fourth-order valence-corrected chi connectivity index (χ4v) is 1.28. The number of benzene rings is 1. The summed E-state index contributed by atoms with van der Waals surface area (Å²) in [5.41, 5.74) is 0.895. The lowest BCUT2D eigenvalue weighted by atomic mass is 10.1. The Morgan fingerprint density at radius 1 is 1.47 bits per heavy atom. The van der Waals surface area contributed by atoms with E-state index in [1.165, 1.54) is 6.07 Å². The van der Waals surface area contributed by atoms with Crippen LogP contribution in [0.2, 0.25) is 0 Å². The minimum absolute atomic E-state index is 0.167. The SMILES string of the molecule is C#CCNCCc1ccccc1[N+](=O)[O-]. The zero-order valence-electron chi connectivity index (χ0n) is 8.27. The second-order valence-electron chi connectivity index (χ2n) is 3.02. The standard InChI is InChI=1S/C11H12N2O2/c1-2-8-12-9-7-10-5-3-4-6-11(10)13(14)15/h1,3-6,12H,7-9H2. The molecule has 78 valence electrons. The number of nitro groups is 1. The van der Waals surface area contributed by atoms with E-state index in [0.717, 1.165) is 5.56 Å². The third kappa shape index (κ3) is 3.41. The van der Waals surface area contributed by atoms with Gasteiger partial charge in [-0.3, -0.25) is 10.1 Å². The van der Waals surface area contributed by atoms with Crippen molar-refractivity contribution in [1.29, 1.82) is 0 Å². The zero-order chi connectivity index (χ0) is 11.1. The van der Waals surface area contributed by atoms with E-state index in [1.54, 1.807) is 18.2 Å². The van der Waals surface area contributed by atoms with E-state index in [2.05, 4.69) is 11.2 Å². The van der Waals surface area contributed by atoms with Gasteiger partial charge in [-0.25, -0.2) is 0 Å². The summed E-state index contributed by atoms with van der Waals surface area (Å²) in [7, 11) is 0. The van der Waals surface area contributed by atoms with Crippen molar-refractivity contribution < 1.29 is 4.92 Å². The maximum atomic E-state index is 10.7. The van der Waals surface area contributed by atoms with Gasteiger partial charge in [-0.15, -0.1) is 6.42 Å². The number of nitro benzene ring substituents is 1. The largest absolute Gasteiger partial charge is 0.306 e. The number of hydrogen-bond acceptors (Lipinski definition) is 3. The summed E-state index contributed by atoms with van der Waals surface area (Å²) in [6.07, 6.45) is 5.68. The summed E-state index contributed by atoms with van der Waals surface area (Å²) >= 11 is 0. The molecule has 0 aliphatic carbocycles. The summed E-state index contributed by atoms with van der Waals surface area (Å²) in [5.74, 6) is 2.45. The van der Waals surface area contributed by atoms with Gasteiger partial charge in [-0.05, 0) is 6.42 Å². The molecule has 0 heterocycles. The van der Waals surface area contributed by atoms with Crippen LogP contribution in [0.25, 0.3) is 0 Å². The molecule has 0 aliphatic rings. The Kier molecular flexibility index (Phi) is 4.32. The van der Waals surface area contributed by atoms with Crippen LogP contribution in [0, 0.1) is 22.5 Å². The molecule has 0 saturated carbocycles. The van der Waals surface area contributed by atoms with Crippen molar-refractivity contribution in [3.8, 4) is 12.3 Å². The van der Waals surface area contributed by atoms with Gasteiger partial charge in [-0.2, -0.15) is 0 Å². The molecule has 0 unspecified atom stereocenters. The first-order chi connectivity index (χ1) is 7.25. The lowest BCUT2D eigenvalue weighted by Gasteiger charge is -2.02. The number of para-hydroxylation sites is 1. The van der Waals surface area contributed by atoms with Gasteiger partial charge in [0.15, 0.2) is 0 Å². The number of terminal acetylenes is 1. The van der Waals surface area contributed by atoms with Gasteiger partial charge in [0.05, 0.1) is 11.5 Å². The third-order valence-electron chi connectivity index (χ3n) is 1.99. The summed E-state index contributed by atoms with van der Waals surface area (Å²) in [5, 5.41) is 13.7. The van der Waals surface area contributed by atoms with Crippen molar-refractivity contribution in [2.45, 2.75) is 6.42 Å². The van der Waals surface area contributed by atoms with E-state index >= 15 is 0 Å². The average molecular weight is 204 g/mol. The van der Waals surface area contributed by atoms with E-state index in [0.29, 0.717) is 19.5 Å². The van der Waals surface area contributed by atoms with Crippen molar-refractivity contribution in [3.05, 3.63) is 39.9 Å². The minimum Gasteiger partial charge on any atom is -0.306 e. The quantitative estimate of drug-likeness (QED) is 0.341. The molecule has 1 N–H and O–H groups in total. The highest BCUT2D eigenvalue weighted by molar-refractivity contribution is 5.39. The normalized spacial score (nSPS) is 9.53. The van der Waals surface area contributed by atoms with E-state index in [1.807, 2.05) is 0 Å². The lowest BCUT2D eigenvalue weighted by Crippen LogP contribution is -2.17. The van der Waals surface area contributed by atoms with E-state index < -0.39 is 0 Å². The van der Waals surface area contributed by atoms with Gasteiger partial charge in [0.1, 0.15) is 0 Å². The van der Waals surface area contributed by atoms with Crippen molar-refractivity contribution in [3.63, 3.8) is 0 Å². The second-order valence-corrected chi connectivity index (χ2v) is 3.02. The first-order valence-corrected chi connectivity index (χ1v) is 4.62. The third-order valence-corrected chi connectivity index (χ3v) is 1.99. The first kappa shape index (κ1) is 11.2. The van der Waals surface area contributed by atoms with Gasteiger partial charge in [0, 0.05) is 18.2 Å². The number of nitrogens with zero attached hydrogens (tertiary/aromatic N) is 1. The van der Waals surface area contributed by atoms with Crippen molar-refractivity contribution in [2.75, 3.05) is 13.1 Å². The lowest BCUT2D eigenvalue weighted by molar-refractivity contribution is -0.385. The Balaban J connectivity index is 2.60. The highest BCUT2D eigenvalue weighted by Gasteiger charge is 2.10. The monoisotopic (exact) mass is 204 g/mol. The molecule has 1 aromatic carbocycles. The summed E-state index contributed by atoms with van der Waals surface area (Å²) in [6.45, 7) is 1.13. The fourth-order valence-electron chi connectivity index (χ4n) is 1.28. The maximum Gasteiger partial charge on any atom is 0.272 e. The molecule has 0 aromatic heterocycles. The van der Waals surface area contributed by atoms with Crippen LogP contribution in [-0.4, -0.2) is 18.0 Å². The van der Waals surface area contributed by atoms with Gasteiger partial charge in [-0.1, -0.05) is 24.1 Å². The Morgan fingerprint density at radius 3 is 2.87 bits per heavy atom. The van der Waals surface area contributed by atoms with Gasteiger partial charge >= 0.3 is 0 Å². The average Bonchev–Trinajstić information content (AvgIpc) is 2.25. The van der Waals surface area contributed by atoms with Gasteiger partial charge in [0.2, 0.25) is 0 Å². The van der Waals surface area contributed by atoms with Crippen LogP contribution in [0.5, 0.6) is 0 Å². The molecule has 0 radical (unpaired) electrons. The van der Waals surface area contributed by atoms with Crippen LogP contribution < -0.4 is 5.32 Å². The molecule has 1 aromatic rings. The second kappa shape index (κ2) is 5.78. The van der Waals surface area contributed by atoms with Crippen LogP contribution in [0.4, 0.5) is 5.69 Å². The zero-order valence-corrected chi connectivity index (χ0v) is 8.27. The minimum atomic E-state index is -0.365. The molecule has 0 bridgehead atoms. The van der Waals surface area contributed by atoms with Gasteiger partial charge < -0.3 is 5.32 Å². The van der Waals surface area contributed by atoms with E-state index in [-0.39, 0.29) is 10.6 Å². The van der Waals surface area contributed by atoms with Crippen LogP contribution in [0.3, 0.4) is 0 Å². The highest BCUT2D eigenvalue weighted by atomic mass is 16.6. The molecular weight excluding hydrogens is 192 g/mol. The Hall–Kier alpha value is -1.86. The Labute approximate surface area is 88.5 Å². The van der Waals surface area contributed by atoms with E-state index in [4.69, 9.17) is 6.42 Å². The van der Waals surface area contributed by atoms with Crippen molar-refractivity contribution >= 4 is 5.69 Å². The highest BCUT2D eigenvalue weighted by Crippen LogP contribution is 2.17. The molecule has 0 atom stereocenters. The fraction of sp³-hybridized carbons (Fsp3) is 0.273. The summed E-state index contributed by atoms with van der Waals surface area (Å²) in [4.78, 5) is 10.3. The topological polar surface area (TPSA) is 55.2 Å². The van der Waals surface area contributed by atoms with Crippen molar-refractivity contribution in [2.24, 2.45) is 0 Å². The molecule has 15 heavy (non-hydrogen) atoms. The Bertz CT molecular complexity index is 382. The van der Waals surface area contributed by atoms with Crippen LogP contribution in [-0.2, 0) is 6.42 Å². The van der Waals surface area contributed by atoms with Crippen LogP contribution in [0.1, 0.15) is 5.56 Å². The molecular formula is C11H12N2O2. The molecule has 4 nitrogen and oxygen atoms in total. The molecule has 0 fully saturated rings. The molecule has 1 rings (SSSR count). The number of rotatable bonds is 5. The Morgan fingerprint density at radius 2 is 2.20 bits per heavy atom. The molecule has 0 spiro atoms. The molecule has 0 saturated heterocycles. The maximum absolute atomic E-state index is 10.7. The van der Waals surface area contributed by atoms with Crippen LogP contribution in [0.15, 0.2) is 24.3 Å².